The average molecular weight is 250 g/mol. The third kappa shape index (κ3) is 14.1. The zero-order valence-electron chi connectivity index (χ0n) is 11.4. The van der Waals surface area contributed by atoms with E-state index in [1.54, 1.807) is 0 Å². The van der Waals surface area contributed by atoms with E-state index in [1.165, 1.54) is 0 Å². The van der Waals surface area contributed by atoms with Gasteiger partial charge in [0.15, 0.2) is 0 Å². The molecule has 0 fully saturated rings. The van der Waals surface area contributed by atoms with E-state index >= 15 is 0 Å². The fourth-order valence-electron chi connectivity index (χ4n) is 1.02. The Morgan fingerprint density at radius 1 is 1.00 bits per heavy atom. The first-order valence-corrected chi connectivity index (χ1v) is 6.06. The Balaban J connectivity index is 0. The van der Waals surface area contributed by atoms with Crippen LogP contribution in [0.4, 0.5) is 0 Å². The molecule has 0 aromatic rings. The van der Waals surface area contributed by atoms with Gasteiger partial charge in [-0.25, -0.2) is 0 Å². The van der Waals surface area contributed by atoms with E-state index in [-0.39, 0.29) is 0 Å². The summed E-state index contributed by atoms with van der Waals surface area (Å²) in [6.45, 7) is 8.38. The normalized spacial score (nSPS) is 11.1. The van der Waals surface area contributed by atoms with Crippen molar-refractivity contribution in [3.8, 4) is 0 Å². The van der Waals surface area contributed by atoms with Crippen molar-refractivity contribution in [3.63, 3.8) is 0 Å². The van der Waals surface area contributed by atoms with Gasteiger partial charge in [0.05, 0.1) is 28.2 Å². The summed E-state index contributed by atoms with van der Waals surface area (Å²) in [5, 5.41) is 0. The lowest BCUT2D eigenvalue weighted by Gasteiger charge is -2.36. The molecule has 0 unspecified atom stereocenters. The van der Waals surface area contributed by atoms with Gasteiger partial charge in [-0.1, -0.05) is 4.32 Å². The second-order valence-electron chi connectivity index (χ2n) is 5.54. The van der Waals surface area contributed by atoms with Gasteiger partial charge in [-0.3, -0.25) is 0 Å². The summed E-state index contributed by atoms with van der Waals surface area (Å²) in [6.07, 6.45) is 0. The molecule has 0 saturated carbocycles. The van der Waals surface area contributed by atoms with Gasteiger partial charge < -0.3 is 34.2 Å². The van der Waals surface area contributed by atoms with Crippen molar-refractivity contribution in [3.05, 3.63) is 0 Å². The Morgan fingerprint density at radius 2 is 1.20 bits per heavy atom. The van der Waals surface area contributed by atoms with Crippen molar-refractivity contribution in [2.24, 2.45) is 0 Å². The van der Waals surface area contributed by atoms with Gasteiger partial charge in [0.2, 0.25) is 0 Å². The quantitative estimate of drug-likeness (QED) is 0.420. The first kappa shape index (κ1) is 17.5. The van der Waals surface area contributed by atoms with Gasteiger partial charge in [-0.05, 0) is 27.7 Å². The lowest BCUT2D eigenvalue weighted by atomic mass is 10.2. The molecule has 0 radical (unpaired) electrons. The highest BCUT2D eigenvalue weighted by Gasteiger charge is 2.08. The number of thiocarbonyl (C=S) groups is 1. The average Bonchev–Trinajstić information content (AvgIpc) is 1.77. The summed E-state index contributed by atoms with van der Waals surface area (Å²) >= 11 is 9.82. The molecular weight excluding hydrogens is 224 g/mol. The highest BCUT2D eigenvalue weighted by molar-refractivity contribution is 8.00. The van der Waals surface area contributed by atoms with Crippen molar-refractivity contribution in [2.45, 2.75) is 39.8 Å². The second-order valence-corrected chi connectivity index (χ2v) is 6.58. The molecule has 0 aliphatic heterocycles. The third-order valence-electron chi connectivity index (χ3n) is 1.32. The minimum absolute atomic E-state index is 0.421. The molecule has 0 atom stereocenters. The predicted molar refractivity (Wildman–Crippen MR) is 76.0 cm³/mol. The van der Waals surface area contributed by atoms with Crippen molar-refractivity contribution in [2.75, 3.05) is 28.2 Å². The Hall–Kier alpha value is 0.0700. The van der Waals surface area contributed by atoms with Gasteiger partial charge in [0, 0.05) is 12.1 Å². The molecule has 0 aromatic carbocycles. The number of nitrogens with zero attached hydrogens (tertiary/aromatic N) is 2. The fraction of sp³-hybridized carbons (Fsp3) is 0.909. The summed E-state index contributed by atoms with van der Waals surface area (Å²) in [7, 11) is 8.50. The highest BCUT2D eigenvalue weighted by Crippen LogP contribution is 2.05. The number of quaternary nitrogens is 1. The van der Waals surface area contributed by atoms with Crippen LogP contribution in [0.1, 0.15) is 27.7 Å². The molecule has 92 valence electrons. The maximum absolute atomic E-state index is 4.91. The molecule has 0 saturated heterocycles. The van der Waals surface area contributed by atoms with Crippen LogP contribution in [-0.4, -0.2) is 54.0 Å². The molecule has 15 heavy (non-hydrogen) atoms. The van der Waals surface area contributed by atoms with E-state index < -0.39 is 0 Å². The molecule has 4 heteroatoms. The molecule has 0 spiro atoms. The number of hydrogen-bond acceptors (Lipinski definition) is 2. The summed E-state index contributed by atoms with van der Waals surface area (Å²) < 4.78 is 1.57. The summed E-state index contributed by atoms with van der Waals surface area (Å²) in [4.78, 5) is 2.05. The Labute approximate surface area is 107 Å². The van der Waals surface area contributed by atoms with Gasteiger partial charge in [-0.15, -0.1) is 0 Å². The van der Waals surface area contributed by atoms with Crippen LogP contribution in [0.2, 0.25) is 0 Å². The van der Waals surface area contributed by atoms with Gasteiger partial charge >= 0.3 is 0 Å². The van der Waals surface area contributed by atoms with Crippen LogP contribution in [0.3, 0.4) is 0 Å². The highest BCUT2D eigenvalue weighted by atomic mass is 32.1. The molecule has 0 N–H and O–H groups in total. The lowest BCUT2D eigenvalue weighted by Crippen LogP contribution is -2.39. The lowest BCUT2D eigenvalue weighted by molar-refractivity contribution is -0.849. The zero-order chi connectivity index (χ0) is 12.8. The van der Waals surface area contributed by atoms with E-state index in [0.29, 0.717) is 16.4 Å². The van der Waals surface area contributed by atoms with Crippen LogP contribution in [0.25, 0.3) is 0 Å². The Bertz CT molecular complexity index is 170. The second kappa shape index (κ2) is 7.36. The van der Waals surface area contributed by atoms with Crippen molar-refractivity contribution >= 4 is 29.2 Å². The topological polar surface area (TPSA) is 3.24 Å². The van der Waals surface area contributed by atoms with E-state index in [4.69, 9.17) is 24.8 Å². The van der Waals surface area contributed by atoms with Crippen LogP contribution in [0.15, 0.2) is 0 Å². The number of rotatable bonds is 2. The molecule has 0 amide bonds. The number of hydrogen-bond donors (Lipinski definition) is 0. The molecule has 2 nitrogen and oxygen atoms in total. The summed E-state index contributed by atoms with van der Waals surface area (Å²) in [5.41, 5.74) is 0. The molecule has 0 rings (SSSR count). The first-order chi connectivity index (χ1) is 6.46. The van der Waals surface area contributed by atoms with Crippen LogP contribution in [-0.2, 0) is 12.6 Å². The predicted octanol–water partition coefficient (Wildman–Crippen LogP) is 2.26. The molecular formula is C11H26N2S2. The Kier molecular flexibility index (Phi) is 8.57. The summed E-state index contributed by atoms with van der Waals surface area (Å²) in [5.74, 6) is 0. The molecule has 0 aromatic heterocycles. The largest absolute Gasteiger partial charge is 0.411 e. The van der Waals surface area contributed by atoms with Gasteiger partial charge in [0.25, 0.3) is 0 Å². The molecule has 0 bridgehead atoms. The van der Waals surface area contributed by atoms with Crippen molar-refractivity contribution in [1.82, 2.24) is 4.90 Å². The van der Waals surface area contributed by atoms with Crippen LogP contribution in [0, 0.1) is 0 Å². The summed E-state index contributed by atoms with van der Waals surface area (Å²) in [6, 6.07) is 0.843. The van der Waals surface area contributed by atoms with E-state index in [9.17, 15) is 0 Å². The van der Waals surface area contributed by atoms with Crippen molar-refractivity contribution < 1.29 is 4.48 Å². The minimum Gasteiger partial charge on any atom is -0.411 e. The standard InChI is InChI=1S/C7H15NS2.C4H12N/c1-5(2)8(6(3)4)7(9)10;1-5(2,3)4/h5-6H,1-4H3,(H,9,10);1-4H3/q;+1/p-1. The minimum atomic E-state index is 0.421. The Morgan fingerprint density at radius 3 is 1.20 bits per heavy atom. The fourth-order valence-corrected chi connectivity index (χ4v) is 1.86. The molecule has 0 aliphatic carbocycles. The maximum Gasteiger partial charge on any atom is 0.0675 e. The SMILES string of the molecule is CC(C)N(C(=S)[S-])C(C)C.C[N+](C)(C)C. The smallest absolute Gasteiger partial charge is 0.0675 e. The zero-order valence-corrected chi connectivity index (χ0v) is 13.0. The maximum atomic E-state index is 4.91. The van der Waals surface area contributed by atoms with Gasteiger partial charge in [-0.2, -0.15) is 0 Å². The van der Waals surface area contributed by atoms with Crippen LogP contribution >= 0.6 is 12.2 Å². The first-order valence-electron chi connectivity index (χ1n) is 5.25. The van der Waals surface area contributed by atoms with Crippen molar-refractivity contribution in [1.29, 1.82) is 0 Å². The third-order valence-corrected chi connectivity index (χ3v) is 1.75. The van der Waals surface area contributed by atoms with Gasteiger partial charge in [0.1, 0.15) is 0 Å². The van der Waals surface area contributed by atoms with Crippen LogP contribution < -0.4 is 0 Å². The van der Waals surface area contributed by atoms with Crippen LogP contribution in [0.5, 0.6) is 0 Å². The van der Waals surface area contributed by atoms with E-state index in [1.807, 2.05) is 4.90 Å². The van der Waals surface area contributed by atoms with E-state index in [2.05, 4.69) is 55.9 Å². The molecule has 0 heterocycles. The van der Waals surface area contributed by atoms with E-state index in [0.717, 1.165) is 4.48 Å². The monoisotopic (exact) mass is 250 g/mol. The molecule has 0 aliphatic rings.